The maximum Gasteiger partial charge on any atom is 0.0462 e. The summed E-state index contributed by atoms with van der Waals surface area (Å²) in [5, 5.41) is 8.83. The van der Waals surface area contributed by atoms with E-state index in [9.17, 15) is 0 Å². The van der Waals surface area contributed by atoms with Gasteiger partial charge in [-0.2, -0.15) is 0 Å². The molecular weight excluding hydrogens is 114 g/mol. The first kappa shape index (κ1) is 5.69. The number of fused-ring (bicyclic) bond motifs is 1. The Labute approximate surface area is 55.1 Å². The summed E-state index contributed by atoms with van der Waals surface area (Å²) in [5.41, 5.74) is 5.77. The largest absolute Gasteiger partial charge is 0.396 e. The molecule has 0 heterocycles. The number of nitrogens with two attached hydrogens (primary N) is 1. The highest BCUT2D eigenvalue weighted by Gasteiger charge is 2.52. The van der Waals surface area contributed by atoms with E-state index in [1.165, 1.54) is 6.42 Å². The van der Waals surface area contributed by atoms with Gasteiger partial charge >= 0.3 is 0 Å². The molecule has 0 aliphatic heterocycles. The normalized spacial score (nSPS) is 55.3. The predicted octanol–water partition coefficient (Wildman–Crippen LogP) is -0.0380. The van der Waals surface area contributed by atoms with Crippen LogP contribution in [0.1, 0.15) is 12.8 Å². The Morgan fingerprint density at radius 1 is 1.33 bits per heavy atom. The van der Waals surface area contributed by atoms with E-state index in [4.69, 9.17) is 10.8 Å². The lowest BCUT2D eigenvalue weighted by atomic mass is 10.0. The average Bonchev–Trinajstić information content (AvgIpc) is 2.56. The predicted molar refractivity (Wildman–Crippen MR) is 34.8 cm³/mol. The van der Waals surface area contributed by atoms with Crippen LogP contribution in [-0.2, 0) is 0 Å². The van der Waals surface area contributed by atoms with Gasteiger partial charge in [0.2, 0.25) is 0 Å². The summed E-state index contributed by atoms with van der Waals surface area (Å²) >= 11 is 0. The molecule has 0 radical (unpaired) electrons. The smallest absolute Gasteiger partial charge is 0.0462 e. The summed E-state index contributed by atoms with van der Waals surface area (Å²) in [5.74, 6) is 2.12. The van der Waals surface area contributed by atoms with E-state index in [2.05, 4.69) is 0 Å². The first-order valence-electron chi connectivity index (χ1n) is 3.69. The summed E-state index contributed by atoms with van der Waals surface area (Å²) in [6, 6.07) is 0.409. The van der Waals surface area contributed by atoms with Gasteiger partial charge in [0.1, 0.15) is 0 Å². The van der Waals surface area contributed by atoms with E-state index in [1.807, 2.05) is 0 Å². The van der Waals surface area contributed by atoms with Crippen LogP contribution >= 0.6 is 0 Å². The fourth-order valence-corrected chi connectivity index (χ4v) is 2.18. The average molecular weight is 127 g/mol. The van der Waals surface area contributed by atoms with Crippen molar-refractivity contribution in [1.29, 1.82) is 0 Å². The van der Waals surface area contributed by atoms with Gasteiger partial charge in [-0.05, 0) is 30.6 Å². The molecule has 0 aromatic carbocycles. The fraction of sp³-hybridized carbons (Fsp3) is 1.00. The molecule has 9 heavy (non-hydrogen) atoms. The van der Waals surface area contributed by atoms with Crippen molar-refractivity contribution in [2.24, 2.45) is 23.5 Å². The molecule has 3 N–H and O–H groups in total. The molecule has 2 rings (SSSR count). The molecule has 0 aromatic rings. The molecule has 0 aromatic heterocycles. The Balaban J connectivity index is 2.00. The molecule has 0 amide bonds. The molecule has 4 atom stereocenters. The number of rotatable bonds is 1. The highest BCUT2D eigenvalue weighted by molar-refractivity contribution is 5.04. The molecule has 0 saturated heterocycles. The second kappa shape index (κ2) is 1.70. The molecule has 0 unspecified atom stereocenters. The van der Waals surface area contributed by atoms with Gasteiger partial charge in [0, 0.05) is 12.6 Å². The third-order valence-electron chi connectivity index (χ3n) is 2.86. The number of hydrogen-bond donors (Lipinski definition) is 2. The zero-order valence-electron chi connectivity index (χ0n) is 5.46. The van der Waals surface area contributed by atoms with Crippen molar-refractivity contribution in [3.8, 4) is 0 Å². The van der Waals surface area contributed by atoms with Crippen molar-refractivity contribution < 1.29 is 5.11 Å². The van der Waals surface area contributed by atoms with E-state index in [0.29, 0.717) is 18.6 Å². The Morgan fingerprint density at radius 3 is 2.33 bits per heavy atom. The van der Waals surface area contributed by atoms with Crippen molar-refractivity contribution in [1.82, 2.24) is 0 Å². The second-order valence-corrected chi connectivity index (χ2v) is 3.41. The molecule has 2 nitrogen and oxygen atoms in total. The van der Waals surface area contributed by atoms with Gasteiger partial charge in [0.25, 0.3) is 0 Å². The zero-order chi connectivity index (χ0) is 6.43. The molecule has 0 spiro atoms. The lowest BCUT2D eigenvalue weighted by molar-refractivity contribution is 0.213. The van der Waals surface area contributed by atoms with Gasteiger partial charge in [-0.25, -0.2) is 0 Å². The van der Waals surface area contributed by atoms with Gasteiger partial charge in [-0.1, -0.05) is 0 Å². The monoisotopic (exact) mass is 127 g/mol. The molecule has 2 fully saturated rings. The van der Waals surface area contributed by atoms with E-state index < -0.39 is 0 Å². The van der Waals surface area contributed by atoms with Crippen molar-refractivity contribution >= 4 is 0 Å². The molecule has 52 valence electrons. The summed E-state index contributed by atoms with van der Waals surface area (Å²) < 4.78 is 0. The number of hydrogen-bond acceptors (Lipinski definition) is 2. The highest BCUT2D eigenvalue weighted by Crippen LogP contribution is 2.54. The van der Waals surface area contributed by atoms with Crippen molar-refractivity contribution in [2.45, 2.75) is 18.9 Å². The minimum absolute atomic E-state index is 0.356. The fourth-order valence-electron chi connectivity index (χ4n) is 2.18. The topological polar surface area (TPSA) is 46.2 Å². The summed E-state index contributed by atoms with van der Waals surface area (Å²) in [6.45, 7) is 0.356. The zero-order valence-corrected chi connectivity index (χ0v) is 5.46. The van der Waals surface area contributed by atoms with Crippen LogP contribution in [-0.4, -0.2) is 17.8 Å². The maximum absolute atomic E-state index is 8.83. The second-order valence-electron chi connectivity index (χ2n) is 3.41. The Morgan fingerprint density at radius 2 is 2.11 bits per heavy atom. The van der Waals surface area contributed by atoms with Crippen molar-refractivity contribution in [3.05, 3.63) is 0 Å². The van der Waals surface area contributed by atoms with Crippen LogP contribution in [0.2, 0.25) is 0 Å². The molecule has 2 aliphatic rings. The molecule has 2 heteroatoms. The Kier molecular flexibility index (Phi) is 1.08. The molecule has 2 saturated carbocycles. The molecule has 0 bridgehead atoms. The lowest BCUT2D eigenvalue weighted by Gasteiger charge is -2.08. The van der Waals surface area contributed by atoms with Crippen molar-refractivity contribution in [3.63, 3.8) is 0 Å². The maximum atomic E-state index is 8.83. The SMILES string of the molecule is N[C@H]1C[C@@H](CO)[C@@H]2C[C@@H]21. The molecule has 2 aliphatic carbocycles. The van der Waals surface area contributed by atoms with E-state index in [-0.39, 0.29) is 0 Å². The van der Waals surface area contributed by atoms with Crippen LogP contribution < -0.4 is 5.73 Å². The van der Waals surface area contributed by atoms with Gasteiger partial charge in [0.15, 0.2) is 0 Å². The third kappa shape index (κ3) is 0.700. The van der Waals surface area contributed by atoms with Crippen LogP contribution in [0.5, 0.6) is 0 Å². The van der Waals surface area contributed by atoms with Crippen LogP contribution in [0.25, 0.3) is 0 Å². The number of aliphatic hydroxyl groups is 1. The van der Waals surface area contributed by atoms with Crippen LogP contribution in [0, 0.1) is 17.8 Å². The minimum Gasteiger partial charge on any atom is -0.396 e. The van der Waals surface area contributed by atoms with E-state index in [1.54, 1.807) is 0 Å². The van der Waals surface area contributed by atoms with Gasteiger partial charge in [0.05, 0.1) is 0 Å². The minimum atomic E-state index is 0.356. The third-order valence-corrected chi connectivity index (χ3v) is 2.86. The van der Waals surface area contributed by atoms with Crippen LogP contribution in [0.15, 0.2) is 0 Å². The lowest BCUT2D eigenvalue weighted by Crippen LogP contribution is -2.20. The summed E-state index contributed by atoms with van der Waals surface area (Å²) in [7, 11) is 0. The van der Waals surface area contributed by atoms with Gasteiger partial charge < -0.3 is 10.8 Å². The first-order valence-corrected chi connectivity index (χ1v) is 3.69. The van der Waals surface area contributed by atoms with E-state index in [0.717, 1.165) is 18.3 Å². The van der Waals surface area contributed by atoms with Gasteiger partial charge in [-0.3, -0.25) is 0 Å². The standard InChI is InChI=1S/C7H13NO/c8-7-1-4(3-9)5-2-6(5)7/h4-7,9H,1-3,8H2/t4-,5-,6-,7-/m0/s1. The van der Waals surface area contributed by atoms with Crippen LogP contribution in [0.3, 0.4) is 0 Å². The number of aliphatic hydroxyl groups excluding tert-OH is 1. The quantitative estimate of drug-likeness (QED) is 0.519. The Bertz CT molecular complexity index is 126. The van der Waals surface area contributed by atoms with Crippen LogP contribution in [0.4, 0.5) is 0 Å². The summed E-state index contributed by atoms with van der Waals surface area (Å²) in [6.07, 6.45) is 2.35. The van der Waals surface area contributed by atoms with Gasteiger partial charge in [-0.15, -0.1) is 0 Å². The van der Waals surface area contributed by atoms with Crippen molar-refractivity contribution in [2.75, 3.05) is 6.61 Å². The van der Waals surface area contributed by atoms with E-state index >= 15 is 0 Å². The highest BCUT2D eigenvalue weighted by atomic mass is 16.3. The first-order chi connectivity index (χ1) is 4.33. The molecular formula is C7H13NO. The Hall–Kier alpha value is -0.0800. The summed E-state index contributed by atoms with van der Waals surface area (Å²) in [4.78, 5) is 0.